The molecule has 0 fully saturated rings. The first kappa shape index (κ1) is 15.1. The quantitative estimate of drug-likeness (QED) is 0.450. The number of halogens is 6. The molecule has 0 heterocycles. The van der Waals surface area contributed by atoms with E-state index < -0.39 is 29.2 Å². The minimum Gasteiger partial charge on any atom is -0.298 e. The molecule has 0 amide bonds. The minimum atomic E-state index is -4.69. The van der Waals surface area contributed by atoms with Gasteiger partial charge in [-0.05, 0) is 35.4 Å². The van der Waals surface area contributed by atoms with E-state index in [4.69, 9.17) is 0 Å². The van der Waals surface area contributed by atoms with Crippen molar-refractivity contribution in [2.75, 3.05) is 0 Å². The Bertz CT molecular complexity index is 682. The molecule has 21 heavy (non-hydrogen) atoms. The third kappa shape index (κ3) is 2.91. The highest BCUT2D eigenvalue weighted by atomic mass is 19.4. The van der Waals surface area contributed by atoms with Crippen molar-refractivity contribution in [2.45, 2.75) is 6.18 Å². The van der Waals surface area contributed by atoms with Crippen molar-refractivity contribution in [3.05, 3.63) is 58.9 Å². The largest absolute Gasteiger partial charge is 0.416 e. The molecular weight excluding hydrogens is 298 g/mol. The van der Waals surface area contributed by atoms with Crippen molar-refractivity contribution in [3.8, 4) is 11.1 Å². The average molecular weight is 304 g/mol. The van der Waals surface area contributed by atoms with Crippen molar-refractivity contribution < 1.29 is 31.1 Å². The molecule has 0 saturated carbocycles. The Balaban J connectivity index is 2.69. The van der Waals surface area contributed by atoms with E-state index in [0.717, 1.165) is 6.07 Å². The lowest BCUT2D eigenvalue weighted by Crippen LogP contribution is -2.06. The number of rotatable bonds is 2. The first-order valence-electron chi connectivity index (χ1n) is 5.55. The zero-order chi connectivity index (χ0) is 15.8. The Morgan fingerprint density at radius 1 is 0.905 bits per heavy atom. The zero-order valence-electron chi connectivity index (χ0n) is 10.1. The third-order valence-corrected chi connectivity index (χ3v) is 2.80. The lowest BCUT2D eigenvalue weighted by Gasteiger charge is -2.11. The summed E-state index contributed by atoms with van der Waals surface area (Å²) in [7, 11) is 0. The summed E-state index contributed by atoms with van der Waals surface area (Å²) >= 11 is 0. The second-order valence-corrected chi connectivity index (χ2v) is 4.17. The summed E-state index contributed by atoms with van der Waals surface area (Å²) < 4.78 is 77.2. The van der Waals surface area contributed by atoms with Crippen molar-refractivity contribution in [1.29, 1.82) is 0 Å². The molecule has 0 unspecified atom stereocenters. The Labute approximate surface area is 114 Å². The van der Waals surface area contributed by atoms with Gasteiger partial charge in [0.2, 0.25) is 0 Å². The molecule has 0 radical (unpaired) electrons. The van der Waals surface area contributed by atoms with Crippen molar-refractivity contribution in [2.24, 2.45) is 0 Å². The molecule has 0 aliphatic carbocycles. The van der Waals surface area contributed by atoms with Crippen molar-refractivity contribution in [3.63, 3.8) is 0 Å². The second kappa shape index (κ2) is 5.23. The summed E-state index contributed by atoms with van der Waals surface area (Å²) in [5, 5.41) is 0. The topological polar surface area (TPSA) is 17.1 Å². The molecule has 0 saturated heterocycles. The van der Waals surface area contributed by atoms with Crippen LogP contribution in [0.25, 0.3) is 11.1 Å². The number of aldehydes is 1. The molecule has 7 heteroatoms. The molecular formula is C14H6F6O. The van der Waals surface area contributed by atoms with Gasteiger partial charge in [-0.1, -0.05) is 6.07 Å². The Morgan fingerprint density at radius 3 is 1.95 bits per heavy atom. The van der Waals surface area contributed by atoms with E-state index in [1.807, 2.05) is 0 Å². The van der Waals surface area contributed by atoms with Crippen LogP contribution in [-0.4, -0.2) is 6.29 Å². The second-order valence-electron chi connectivity index (χ2n) is 4.17. The van der Waals surface area contributed by atoms with Gasteiger partial charge in [-0.25, -0.2) is 13.2 Å². The molecule has 0 aliphatic rings. The molecule has 2 rings (SSSR count). The SMILES string of the molecule is O=Cc1ccc(C(F)(F)F)cc1-c1cc(F)c(F)c(F)c1. The third-order valence-electron chi connectivity index (χ3n) is 2.80. The summed E-state index contributed by atoms with van der Waals surface area (Å²) in [6, 6.07) is 3.19. The Morgan fingerprint density at radius 2 is 1.48 bits per heavy atom. The Kier molecular flexibility index (Phi) is 3.76. The fourth-order valence-corrected chi connectivity index (χ4v) is 1.80. The van der Waals surface area contributed by atoms with E-state index in [9.17, 15) is 31.1 Å². The molecule has 0 bridgehead atoms. The number of hydrogen-bond donors (Lipinski definition) is 0. The van der Waals surface area contributed by atoms with Gasteiger partial charge in [-0.15, -0.1) is 0 Å². The van der Waals surface area contributed by atoms with Gasteiger partial charge in [0.05, 0.1) is 5.56 Å². The number of carbonyl (C=O) groups is 1. The molecule has 0 N–H and O–H groups in total. The summed E-state index contributed by atoms with van der Waals surface area (Å²) in [5.74, 6) is -4.85. The molecule has 0 aliphatic heterocycles. The zero-order valence-corrected chi connectivity index (χ0v) is 10.1. The van der Waals surface area contributed by atoms with E-state index >= 15 is 0 Å². The normalized spacial score (nSPS) is 11.5. The van der Waals surface area contributed by atoms with Crippen LogP contribution in [0.1, 0.15) is 15.9 Å². The van der Waals surface area contributed by atoms with Gasteiger partial charge in [0.25, 0.3) is 0 Å². The van der Waals surface area contributed by atoms with E-state index in [1.54, 1.807) is 0 Å². The van der Waals surface area contributed by atoms with E-state index in [2.05, 4.69) is 0 Å². The van der Waals surface area contributed by atoms with Gasteiger partial charge in [-0.3, -0.25) is 4.79 Å². The predicted molar refractivity (Wildman–Crippen MR) is 62.1 cm³/mol. The molecule has 2 aromatic carbocycles. The predicted octanol–water partition coefficient (Wildman–Crippen LogP) is 4.60. The molecule has 2 aromatic rings. The van der Waals surface area contributed by atoms with Crippen LogP contribution in [0, 0.1) is 17.5 Å². The van der Waals surface area contributed by atoms with Gasteiger partial charge in [0.1, 0.15) is 0 Å². The van der Waals surface area contributed by atoms with Crippen LogP contribution in [-0.2, 0) is 6.18 Å². The molecule has 1 nitrogen and oxygen atoms in total. The van der Waals surface area contributed by atoms with Crippen LogP contribution in [0.15, 0.2) is 30.3 Å². The summed E-state index contributed by atoms with van der Waals surface area (Å²) in [6.07, 6.45) is -4.44. The van der Waals surface area contributed by atoms with E-state index in [0.29, 0.717) is 24.3 Å². The maximum absolute atomic E-state index is 13.2. The van der Waals surface area contributed by atoms with Crippen LogP contribution in [0.5, 0.6) is 0 Å². The monoisotopic (exact) mass is 304 g/mol. The van der Waals surface area contributed by atoms with Gasteiger partial charge < -0.3 is 0 Å². The van der Waals surface area contributed by atoms with Gasteiger partial charge in [0.15, 0.2) is 23.7 Å². The molecule has 0 spiro atoms. The first-order valence-corrected chi connectivity index (χ1v) is 5.55. The lowest BCUT2D eigenvalue weighted by atomic mass is 9.97. The highest BCUT2D eigenvalue weighted by Crippen LogP contribution is 2.34. The first-order chi connectivity index (χ1) is 9.74. The van der Waals surface area contributed by atoms with E-state index in [1.165, 1.54) is 0 Å². The number of benzene rings is 2. The van der Waals surface area contributed by atoms with Gasteiger partial charge >= 0.3 is 6.18 Å². The fraction of sp³-hybridized carbons (Fsp3) is 0.0714. The van der Waals surface area contributed by atoms with Crippen LogP contribution in [0.3, 0.4) is 0 Å². The fourth-order valence-electron chi connectivity index (χ4n) is 1.80. The van der Waals surface area contributed by atoms with Crippen molar-refractivity contribution >= 4 is 6.29 Å². The molecule has 0 atom stereocenters. The number of hydrogen-bond acceptors (Lipinski definition) is 1. The average Bonchev–Trinajstić information content (AvgIpc) is 2.42. The molecule has 110 valence electrons. The summed E-state index contributed by atoms with van der Waals surface area (Å²) in [5.41, 5.74) is -1.99. The highest BCUT2D eigenvalue weighted by Gasteiger charge is 2.31. The number of alkyl halides is 3. The number of carbonyl (C=O) groups excluding carboxylic acids is 1. The van der Waals surface area contributed by atoms with Gasteiger partial charge in [-0.2, -0.15) is 13.2 Å². The van der Waals surface area contributed by atoms with Crippen LogP contribution < -0.4 is 0 Å². The standard InChI is InChI=1S/C14H6F6O/c15-11-3-8(4-12(16)13(11)17)10-5-9(14(18,19)20)2-1-7(10)6-21/h1-6H. The van der Waals surface area contributed by atoms with Gasteiger partial charge in [0, 0.05) is 5.56 Å². The lowest BCUT2D eigenvalue weighted by molar-refractivity contribution is -0.137. The molecule has 0 aromatic heterocycles. The van der Waals surface area contributed by atoms with Crippen LogP contribution in [0.4, 0.5) is 26.3 Å². The van der Waals surface area contributed by atoms with Crippen molar-refractivity contribution in [1.82, 2.24) is 0 Å². The Hall–Kier alpha value is -2.31. The maximum Gasteiger partial charge on any atom is 0.416 e. The van der Waals surface area contributed by atoms with Crippen LogP contribution in [0.2, 0.25) is 0 Å². The highest BCUT2D eigenvalue weighted by molar-refractivity contribution is 5.88. The summed E-state index contributed by atoms with van der Waals surface area (Å²) in [6.45, 7) is 0. The smallest absolute Gasteiger partial charge is 0.298 e. The minimum absolute atomic E-state index is 0.201. The summed E-state index contributed by atoms with van der Waals surface area (Å²) in [4.78, 5) is 10.9. The van der Waals surface area contributed by atoms with E-state index in [-0.39, 0.29) is 23.0 Å². The van der Waals surface area contributed by atoms with Crippen LogP contribution >= 0.6 is 0 Å². The maximum atomic E-state index is 13.2.